The van der Waals surface area contributed by atoms with Crippen molar-refractivity contribution in [1.29, 1.82) is 0 Å². The van der Waals surface area contributed by atoms with Crippen LogP contribution < -0.4 is 14.2 Å². The van der Waals surface area contributed by atoms with Gasteiger partial charge in [-0.1, -0.05) is 24.3 Å². The molecule has 2 aliphatic heterocycles. The molecular formula is C26H32O6. The van der Waals surface area contributed by atoms with Gasteiger partial charge < -0.3 is 24.1 Å². The summed E-state index contributed by atoms with van der Waals surface area (Å²) < 4.78 is 24.1. The van der Waals surface area contributed by atoms with Gasteiger partial charge in [0.05, 0.1) is 31.8 Å². The summed E-state index contributed by atoms with van der Waals surface area (Å²) in [6.45, 7) is 6.50. The maximum absolute atomic E-state index is 12.2. The van der Waals surface area contributed by atoms with Crippen molar-refractivity contribution < 1.29 is 28.8 Å². The van der Waals surface area contributed by atoms with Crippen molar-refractivity contribution in [3.63, 3.8) is 0 Å². The number of para-hydroxylation sites is 1. The van der Waals surface area contributed by atoms with E-state index in [1.54, 1.807) is 7.11 Å². The van der Waals surface area contributed by atoms with Crippen LogP contribution in [0.15, 0.2) is 42.5 Å². The first-order valence-electron chi connectivity index (χ1n) is 11.3. The van der Waals surface area contributed by atoms with Gasteiger partial charge in [-0.3, -0.25) is 4.79 Å². The molecule has 4 atom stereocenters. The first-order valence-corrected chi connectivity index (χ1v) is 11.3. The zero-order valence-electron chi connectivity index (χ0n) is 19.2. The molecule has 0 aliphatic carbocycles. The number of aliphatic carboxylic acids is 1. The number of ether oxygens (including phenoxy) is 4. The Morgan fingerprint density at radius 3 is 2.72 bits per heavy atom. The summed E-state index contributed by atoms with van der Waals surface area (Å²) in [7, 11) is 1.64. The van der Waals surface area contributed by atoms with Crippen LogP contribution in [0, 0.1) is 11.8 Å². The summed E-state index contributed by atoms with van der Waals surface area (Å²) in [6, 6.07) is 13.7. The molecule has 0 bridgehead atoms. The second-order valence-electron chi connectivity index (χ2n) is 9.09. The van der Waals surface area contributed by atoms with E-state index < -0.39 is 23.6 Å². The molecule has 1 N–H and O–H groups in total. The van der Waals surface area contributed by atoms with Crippen LogP contribution >= 0.6 is 0 Å². The van der Waals surface area contributed by atoms with Gasteiger partial charge in [0, 0.05) is 11.5 Å². The molecule has 6 heteroatoms. The number of rotatable bonds is 7. The molecule has 2 aliphatic rings. The third-order valence-electron chi connectivity index (χ3n) is 6.69. The number of hydrogen-bond acceptors (Lipinski definition) is 5. The van der Waals surface area contributed by atoms with Crippen LogP contribution in [0.2, 0.25) is 0 Å². The molecule has 32 heavy (non-hydrogen) atoms. The minimum atomic E-state index is -0.816. The largest absolute Gasteiger partial charge is 0.497 e. The average Bonchev–Trinajstić information content (AvgIpc) is 2.78. The molecule has 172 valence electrons. The van der Waals surface area contributed by atoms with Crippen LogP contribution in [-0.2, 0) is 16.0 Å². The summed E-state index contributed by atoms with van der Waals surface area (Å²) in [5.41, 5.74) is 1.47. The highest BCUT2D eigenvalue weighted by Crippen LogP contribution is 2.54. The monoisotopic (exact) mass is 440 g/mol. The molecule has 2 aromatic carbocycles. The first-order chi connectivity index (χ1) is 15.3. The number of carboxylic acids is 1. The molecule has 6 nitrogen and oxygen atoms in total. The highest BCUT2D eigenvalue weighted by atomic mass is 16.5. The molecule has 1 fully saturated rings. The third-order valence-corrected chi connectivity index (χ3v) is 6.69. The van der Waals surface area contributed by atoms with Gasteiger partial charge in [-0.2, -0.15) is 0 Å². The summed E-state index contributed by atoms with van der Waals surface area (Å²) in [5, 5.41) is 10.00. The lowest BCUT2D eigenvalue weighted by atomic mass is 9.71. The SMILES string of the molecule is CCOc1cccc2c1OC(C)(C)[C@H]1C[C@H](C(=O)O)[C@H](CCc3cccc(OC)c3)O[C@H]21. The number of aryl methyl sites for hydroxylation is 1. The van der Waals surface area contributed by atoms with Crippen molar-refractivity contribution in [3.8, 4) is 17.2 Å². The predicted octanol–water partition coefficient (Wildman–Crippen LogP) is 5.04. The van der Waals surface area contributed by atoms with Crippen LogP contribution in [0.25, 0.3) is 0 Å². The second kappa shape index (κ2) is 9.02. The number of fused-ring (bicyclic) bond motifs is 3. The Morgan fingerprint density at radius 2 is 2.00 bits per heavy atom. The predicted molar refractivity (Wildman–Crippen MR) is 120 cm³/mol. The average molecular weight is 441 g/mol. The summed E-state index contributed by atoms with van der Waals surface area (Å²) in [5.74, 6) is 0.742. The number of methoxy groups -OCH3 is 1. The fraction of sp³-hybridized carbons (Fsp3) is 0.500. The molecule has 0 amide bonds. The van der Waals surface area contributed by atoms with Gasteiger partial charge in [0.2, 0.25) is 0 Å². The zero-order chi connectivity index (χ0) is 22.9. The molecule has 0 radical (unpaired) electrons. The standard InChI is InChI=1S/C26H32O6/c1-5-30-22-11-7-10-18-23-20(26(2,3)32-24(18)22)15-19(25(27)28)21(31-23)13-12-16-8-6-9-17(14-16)29-4/h6-11,14,19-21,23H,5,12-13,15H2,1-4H3,(H,27,28)/t19-,20-,21-,23+/m0/s1. The Kier molecular flexibility index (Phi) is 6.33. The Hall–Kier alpha value is -2.73. The first kappa shape index (κ1) is 22.5. The van der Waals surface area contributed by atoms with E-state index >= 15 is 0 Å². The molecule has 2 aromatic rings. The highest BCUT2D eigenvalue weighted by Gasteiger charge is 2.52. The third kappa shape index (κ3) is 4.29. The van der Waals surface area contributed by atoms with Gasteiger partial charge in [-0.05, 0) is 63.8 Å². The smallest absolute Gasteiger partial charge is 0.309 e. The van der Waals surface area contributed by atoms with Gasteiger partial charge in [-0.15, -0.1) is 0 Å². The van der Waals surface area contributed by atoms with Crippen molar-refractivity contribution >= 4 is 5.97 Å². The lowest BCUT2D eigenvalue weighted by Gasteiger charge is -2.50. The maximum Gasteiger partial charge on any atom is 0.309 e. The minimum Gasteiger partial charge on any atom is -0.497 e. The molecule has 0 unspecified atom stereocenters. The fourth-order valence-corrected chi connectivity index (χ4v) is 5.01. The quantitative estimate of drug-likeness (QED) is 0.650. The molecule has 4 rings (SSSR count). The summed E-state index contributed by atoms with van der Waals surface area (Å²) in [4.78, 5) is 12.2. The van der Waals surface area contributed by atoms with Crippen LogP contribution in [0.5, 0.6) is 17.2 Å². The van der Waals surface area contributed by atoms with Crippen LogP contribution in [0.4, 0.5) is 0 Å². The normalized spacial score (nSPS) is 25.8. The van der Waals surface area contributed by atoms with Crippen molar-refractivity contribution in [3.05, 3.63) is 53.6 Å². The zero-order valence-corrected chi connectivity index (χ0v) is 19.2. The maximum atomic E-state index is 12.2. The van der Waals surface area contributed by atoms with E-state index in [1.807, 2.05) is 63.2 Å². The van der Waals surface area contributed by atoms with E-state index in [9.17, 15) is 9.90 Å². The highest BCUT2D eigenvalue weighted by molar-refractivity contribution is 5.71. The molecular weight excluding hydrogens is 408 g/mol. The number of carboxylic acid groups (broad SMARTS) is 1. The molecule has 2 heterocycles. The van der Waals surface area contributed by atoms with E-state index in [0.717, 1.165) is 23.3 Å². The van der Waals surface area contributed by atoms with Gasteiger partial charge in [-0.25, -0.2) is 0 Å². The van der Waals surface area contributed by atoms with Gasteiger partial charge in [0.1, 0.15) is 11.4 Å². The van der Waals surface area contributed by atoms with E-state index in [-0.39, 0.29) is 12.0 Å². The van der Waals surface area contributed by atoms with Crippen molar-refractivity contribution in [2.45, 2.75) is 57.8 Å². The Bertz CT molecular complexity index is 969. The van der Waals surface area contributed by atoms with Gasteiger partial charge in [0.25, 0.3) is 0 Å². The molecule has 1 saturated heterocycles. The van der Waals surface area contributed by atoms with Crippen molar-refractivity contribution in [2.75, 3.05) is 13.7 Å². The number of hydrogen-bond donors (Lipinski definition) is 1. The van der Waals surface area contributed by atoms with E-state index in [2.05, 4.69) is 0 Å². The lowest BCUT2D eigenvalue weighted by Crippen LogP contribution is -2.52. The van der Waals surface area contributed by atoms with Crippen LogP contribution in [-0.4, -0.2) is 36.5 Å². The van der Waals surface area contributed by atoms with E-state index in [1.165, 1.54) is 0 Å². The number of benzene rings is 2. The lowest BCUT2D eigenvalue weighted by molar-refractivity contribution is -0.188. The fourth-order valence-electron chi connectivity index (χ4n) is 5.01. The van der Waals surface area contributed by atoms with Crippen molar-refractivity contribution in [1.82, 2.24) is 0 Å². The second-order valence-corrected chi connectivity index (χ2v) is 9.09. The van der Waals surface area contributed by atoms with Crippen LogP contribution in [0.1, 0.15) is 50.8 Å². The van der Waals surface area contributed by atoms with Gasteiger partial charge >= 0.3 is 5.97 Å². The van der Waals surface area contributed by atoms with Crippen molar-refractivity contribution in [2.24, 2.45) is 11.8 Å². The summed E-state index contributed by atoms with van der Waals surface area (Å²) >= 11 is 0. The minimum absolute atomic E-state index is 0.0685. The topological polar surface area (TPSA) is 74.2 Å². The van der Waals surface area contributed by atoms with Crippen LogP contribution in [0.3, 0.4) is 0 Å². The van der Waals surface area contributed by atoms with E-state index in [4.69, 9.17) is 18.9 Å². The molecule has 0 saturated carbocycles. The summed E-state index contributed by atoms with van der Waals surface area (Å²) in [6.07, 6.45) is 1.22. The van der Waals surface area contributed by atoms with E-state index in [0.29, 0.717) is 30.9 Å². The number of carbonyl (C=O) groups is 1. The Balaban J connectivity index is 1.62. The Labute approximate surface area is 189 Å². The van der Waals surface area contributed by atoms with Gasteiger partial charge in [0.15, 0.2) is 11.5 Å². The molecule has 0 spiro atoms. The Morgan fingerprint density at radius 1 is 1.22 bits per heavy atom. The molecule has 0 aromatic heterocycles.